The number of hydrogen-bond acceptors (Lipinski definition) is 3. The molecule has 0 amide bonds. The average molecular weight is 417 g/mol. The molecule has 0 spiro atoms. The highest BCUT2D eigenvalue weighted by Crippen LogP contribution is 2.46. The number of benzene rings is 3. The summed E-state index contributed by atoms with van der Waals surface area (Å²) >= 11 is 0. The maximum atomic E-state index is 12.2. The van der Waals surface area contributed by atoms with Crippen molar-refractivity contribution in [3.63, 3.8) is 0 Å². The molecular formula is C26H28O3Si. The number of carbonyl (C=O) groups is 1. The largest absolute Gasteiger partial charge is 0.466 e. The summed E-state index contributed by atoms with van der Waals surface area (Å²) in [5.74, 6) is -0.121. The Morgan fingerprint density at radius 2 is 1.43 bits per heavy atom. The van der Waals surface area contributed by atoms with Gasteiger partial charge in [-0.25, -0.2) is 0 Å². The molecule has 0 N–H and O–H groups in total. The zero-order chi connectivity index (χ0) is 20.8. The van der Waals surface area contributed by atoms with E-state index in [-0.39, 0.29) is 17.6 Å². The van der Waals surface area contributed by atoms with Crippen LogP contribution in [-0.2, 0) is 14.0 Å². The van der Waals surface area contributed by atoms with E-state index < -0.39 is 8.32 Å². The molecule has 2 atom stereocenters. The molecule has 0 radical (unpaired) electrons. The van der Waals surface area contributed by atoms with Gasteiger partial charge in [0.15, 0.2) is 0 Å². The molecule has 1 heterocycles. The molecule has 4 heteroatoms. The topological polar surface area (TPSA) is 35.5 Å². The Morgan fingerprint density at radius 1 is 0.900 bits per heavy atom. The lowest BCUT2D eigenvalue weighted by molar-refractivity contribution is -0.143. The van der Waals surface area contributed by atoms with Crippen molar-refractivity contribution >= 4 is 24.7 Å². The summed E-state index contributed by atoms with van der Waals surface area (Å²) in [4.78, 5) is 12.2. The van der Waals surface area contributed by atoms with Crippen LogP contribution in [0.25, 0.3) is 0 Å². The fourth-order valence-electron chi connectivity index (χ4n) is 4.66. The third-order valence-electron chi connectivity index (χ3n) is 5.98. The van der Waals surface area contributed by atoms with Gasteiger partial charge < -0.3 is 9.16 Å². The van der Waals surface area contributed by atoms with E-state index in [1.807, 2.05) is 25.1 Å². The molecule has 0 unspecified atom stereocenters. The zero-order valence-corrected chi connectivity index (χ0v) is 18.4. The molecule has 1 saturated heterocycles. The first-order chi connectivity index (χ1) is 14.7. The molecule has 3 aromatic rings. The van der Waals surface area contributed by atoms with Crippen LogP contribution < -0.4 is 10.4 Å². The minimum atomic E-state index is -2.56. The van der Waals surface area contributed by atoms with Crippen molar-refractivity contribution in [1.29, 1.82) is 0 Å². The zero-order valence-electron chi connectivity index (χ0n) is 17.4. The fraction of sp³-hybridized carbons (Fsp3) is 0.269. The molecule has 0 saturated carbocycles. The Kier molecular flexibility index (Phi) is 6.46. The number of carbonyl (C=O) groups excluding carboxylic acids is 1. The van der Waals surface area contributed by atoms with Gasteiger partial charge in [0.25, 0.3) is 8.32 Å². The second kappa shape index (κ2) is 9.41. The van der Waals surface area contributed by atoms with Crippen LogP contribution in [0.1, 0.15) is 37.9 Å². The standard InChI is InChI=1S/C26H28O3Si/c1-2-28-26(27)19-18-24-20-25(21-12-6-3-7-13-21)29-30(24,22-14-8-4-9-15-22)23-16-10-5-11-17-23/h3-17,24-25H,2,18-20H2,1H3/t24-,25-/m1/s1. The van der Waals surface area contributed by atoms with Crippen LogP contribution in [0.2, 0.25) is 5.54 Å². The van der Waals surface area contributed by atoms with E-state index in [4.69, 9.17) is 9.16 Å². The maximum Gasteiger partial charge on any atom is 0.305 e. The highest BCUT2D eigenvalue weighted by atomic mass is 28.4. The van der Waals surface area contributed by atoms with Crippen molar-refractivity contribution in [3.8, 4) is 0 Å². The van der Waals surface area contributed by atoms with Gasteiger partial charge in [0.1, 0.15) is 0 Å². The van der Waals surface area contributed by atoms with Gasteiger partial charge in [0.2, 0.25) is 0 Å². The average Bonchev–Trinajstić information content (AvgIpc) is 3.20. The Balaban J connectivity index is 1.77. The fourth-order valence-corrected chi connectivity index (χ4v) is 9.55. The molecule has 0 aliphatic carbocycles. The first-order valence-corrected chi connectivity index (χ1v) is 12.7. The quantitative estimate of drug-likeness (QED) is 0.416. The van der Waals surface area contributed by atoms with Gasteiger partial charge in [-0.2, -0.15) is 0 Å². The van der Waals surface area contributed by atoms with Gasteiger partial charge in [-0.15, -0.1) is 0 Å². The number of esters is 1. The first kappa shape index (κ1) is 20.6. The van der Waals surface area contributed by atoms with Crippen LogP contribution in [0, 0.1) is 0 Å². The molecule has 3 nitrogen and oxygen atoms in total. The van der Waals surface area contributed by atoms with Crippen molar-refractivity contribution in [1.82, 2.24) is 0 Å². The van der Waals surface area contributed by atoms with Crippen molar-refractivity contribution < 1.29 is 14.0 Å². The SMILES string of the molecule is CCOC(=O)CC[C@@H]1C[C@H](c2ccccc2)O[Si]1(c1ccccc1)c1ccccc1. The first-order valence-electron chi connectivity index (χ1n) is 10.7. The van der Waals surface area contributed by atoms with E-state index in [0.717, 1.165) is 12.8 Å². The summed E-state index contributed by atoms with van der Waals surface area (Å²) in [6.07, 6.45) is 2.15. The highest BCUT2D eigenvalue weighted by Gasteiger charge is 2.54. The number of ether oxygens (including phenoxy) is 1. The van der Waals surface area contributed by atoms with Crippen LogP contribution in [0.4, 0.5) is 0 Å². The third kappa shape index (κ3) is 4.11. The Hall–Kier alpha value is -2.69. The van der Waals surface area contributed by atoms with E-state index in [1.165, 1.54) is 15.9 Å². The summed E-state index contributed by atoms with van der Waals surface area (Å²) < 4.78 is 12.3. The molecule has 3 aromatic carbocycles. The highest BCUT2D eigenvalue weighted by molar-refractivity contribution is 6.99. The van der Waals surface area contributed by atoms with Gasteiger partial charge in [0.05, 0.1) is 12.7 Å². The molecule has 4 rings (SSSR count). The van der Waals surface area contributed by atoms with Crippen molar-refractivity contribution in [2.24, 2.45) is 0 Å². The summed E-state index contributed by atoms with van der Waals surface area (Å²) in [5.41, 5.74) is 1.50. The van der Waals surface area contributed by atoms with Crippen molar-refractivity contribution in [2.75, 3.05) is 6.61 Å². The summed E-state index contributed by atoms with van der Waals surface area (Å²) in [5, 5.41) is 2.53. The van der Waals surface area contributed by atoms with E-state index >= 15 is 0 Å². The van der Waals surface area contributed by atoms with Crippen molar-refractivity contribution in [3.05, 3.63) is 96.6 Å². The van der Waals surface area contributed by atoms with Crippen LogP contribution in [0.15, 0.2) is 91.0 Å². The lowest BCUT2D eigenvalue weighted by Crippen LogP contribution is -2.61. The Labute approximate surface area is 179 Å². The Bertz CT molecular complexity index is 904. The Morgan fingerprint density at radius 3 is 1.97 bits per heavy atom. The second-order valence-corrected chi connectivity index (χ2v) is 11.4. The predicted molar refractivity (Wildman–Crippen MR) is 122 cm³/mol. The van der Waals surface area contributed by atoms with Gasteiger partial charge in [-0.3, -0.25) is 4.79 Å². The van der Waals surface area contributed by atoms with E-state index in [1.54, 1.807) is 0 Å². The molecular weight excluding hydrogens is 388 g/mol. The lowest BCUT2D eigenvalue weighted by Gasteiger charge is -2.33. The molecule has 1 aliphatic heterocycles. The lowest BCUT2D eigenvalue weighted by atomic mass is 10.0. The monoisotopic (exact) mass is 416 g/mol. The molecule has 0 bridgehead atoms. The summed E-state index contributed by atoms with van der Waals surface area (Å²) in [6, 6.07) is 31.7. The van der Waals surface area contributed by atoms with Gasteiger partial charge in [-0.05, 0) is 41.2 Å². The normalized spacial score (nSPS) is 20.0. The number of rotatable bonds is 7. The van der Waals surface area contributed by atoms with Crippen LogP contribution in [-0.4, -0.2) is 20.9 Å². The molecule has 1 fully saturated rings. The smallest absolute Gasteiger partial charge is 0.305 e. The number of hydrogen-bond donors (Lipinski definition) is 0. The molecule has 0 aromatic heterocycles. The molecule has 1 aliphatic rings. The molecule has 154 valence electrons. The maximum absolute atomic E-state index is 12.2. The summed E-state index contributed by atoms with van der Waals surface area (Å²) in [6.45, 7) is 2.28. The van der Waals surface area contributed by atoms with Gasteiger partial charge >= 0.3 is 5.97 Å². The van der Waals surface area contributed by atoms with E-state index in [0.29, 0.717) is 13.0 Å². The van der Waals surface area contributed by atoms with E-state index in [9.17, 15) is 4.79 Å². The predicted octanol–water partition coefficient (Wildman–Crippen LogP) is 4.62. The van der Waals surface area contributed by atoms with Gasteiger partial charge in [0, 0.05) is 6.42 Å². The van der Waals surface area contributed by atoms with Crippen LogP contribution >= 0.6 is 0 Å². The van der Waals surface area contributed by atoms with Gasteiger partial charge in [-0.1, -0.05) is 91.0 Å². The van der Waals surface area contributed by atoms with Crippen molar-refractivity contribution in [2.45, 2.75) is 37.8 Å². The summed E-state index contributed by atoms with van der Waals surface area (Å²) in [7, 11) is -2.56. The second-order valence-electron chi connectivity index (χ2n) is 7.76. The minimum absolute atomic E-state index is 0.0328. The van der Waals surface area contributed by atoms with E-state index in [2.05, 4.69) is 72.8 Å². The third-order valence-corrected chi connectivity index (χ3v) is 10.7. The minimum Gasteiger partial charge on any atom is -0.466 e. The van der Waals surface area contributed by atoms with Crippen LogP contribution in [0.5, 0.6) is 0 Å². The molecule has 30 heavy (non-hydrogen) atoms. The van der Waals surface area contributed by atoms with Crippen LogP contribution in [0.3, 0.4) is 0 Å².